The molecule has 0 saturated carbocycles. The molecular weight excluding hydrogens is 202 g/mol. The van der Waals surface area contributed by atoms with Crippen molar-refractivity contribution in [3.8, 4) is 0 Å². The zero-order valence-corrected chi connectivity index (χ0v) is 10.1. The van der Waals surface area contributed by atoms with Crippen LogP contribution < -0.4 is 5.73 Å². The van der Waals surface area contributed by atoms with Crippen LogP contribution in [0, 0.1) is 0 Å². The van der Waals surface area contributed by atoms with Crippen molar-refractivity contribution in [2.45, 2.75) is 25.9 Å². The third-order valence-corrected chi connectivity index (χ3v) is 2.73. The topological polar surface area (TPSA) is 50.9 Å². The van der Waals surface area contributed by atoms with Crippen molar-refractivity contribution >= 4 is 6.72 Å². The summed E-state index contributed by atoms with van der Waals surface area (Å²) in [5.74, 6) is 0.519. The average molecular weight is 223 g/mol. The van der Waals surface area contributed by atoms with Crippen LogP contribution in [0.1, 0.15) is 19.8 Å². The first-order valence-corrected chi connectivity index (χ1v) is 5.61. The van der Waals surface area contributed by atoms with Crippen molar-refractivity contribution in [1.82, 2.24) is 4.90 Å². The number of allylic oxidation sites excluding steroid dienone is 2. The SMILES string of the molecule is C=N/C(=C\C(N)=C/C)OC1CCN(C)CC1. The van der Waals surface area contributed by atoms with Gasteiger partial charge in [-0.15, -0.1) is 0 Å². The zero-order valence-electron chi connectivity index (χ0n) is 10.1. The molecule has 1 fully saturated rings. The molecule has 0 aromatic rings. The van der Waals surface area contributed by atoms with Crippen molar-refractivity contribution < 1.29 is 4.74 Å². The van der Waals surface area contributed by atoms with Crippen LogP contribution in [0.3, 0.4) is 0 Å². The molecule has 0 radical (unpaired) electrons. The smallest absolute Gasteiger partial charge is 0.214 e. The first kappa shape index (κ1) is 12.8. The van der Waals surface area contributed by atoms with Gasteiger partial charge in [0.2, 0.25) is 5.88 Å². The van der Waals surface area contributed by atoms with Gasteiger partial charge < -0.3 is 15.4 Å². The molecule has 1 aliphatic rings. The number of nitrogens with zero attached hydrogens (tertiary/aromatic N) is 2. The second-order valence-electron chi connectivity index (χ2n) is 4.05. The first-order chi connectivity index (χ1) is 7.65. The predicted octanol–water partition coefficient (Wildman–Crippen LogP) is 1.50. The Morgan fingerprint density at radius 2 is 2.12 bits per heavy atom. The highest BCUT2D eigenvalue weighted by Crippen LogP contribution is 2.16. The van der Waals surface area contributed by atoms with Crippen molar-refractivity contribution in [1.29, 1.82) is 0 Å². The molecule has 0 bridgehead atoms. The minimum atomic E-state index is 0.234. The second kappa shape index (κ2) is 6.33. The molecular formula is C12H21N3O. The summed E-state index contributed by atoms with van der Waals surface area (Å²) in [6, 6.07) is 0. The maximum atomic E-state index is 5.75. The molecule has 1 rings (SSSR count). The molecule has 4 nitrogen and oxygen atoms in total. The Morgan fingerprint density at radius 1 is 1.50 bits per heavy atom. The summed E-state index contributed by atoms with van der Waals surface area (Å²) in [6.07, 6.45) is 5.81. The van der Waals surface area contributed by atoms with Gasteiger partial charge in [-0.3, -0.25) is 0 Å². The van der Waals surface area contributed by atoms with E-state index in [1.165, 1.54) is 0 Å². The molecule has 0 spiro atoms. The Bertz CT molecular complexity index is 289. The van der Waals surface area contributed by atoms with Crippen LogP contribution in [-0.4, -0.2) is 37.9 Å². The molecule has 1 saturated heterocycles. The molecule has 0 aliphatic carbocycles. The highest BCUT2D eigenvalue weighted by Gasteiger charge is 2.18. The number of nitrogens with two attached hydrogens (primary N) is 1. The van der Waals surface area contributed by atoms with Crippen LogP contribution in [0.2, 0.25) is 0 Å². The Kier molecular flexibility index (Phi) is 5.05. The molecule has 0 aromatic carbocycles. The van der Waals surface area contributed by atoms with Gasteiger partial charge in [-0.1, -0.05) is 6.08 Å². The predicted molar refractivity (Wildman–Crippen MR) is 67.2 cm³/mol. The standard InChI is InChI=1S/C12H21N3O/c1-4-10(13)9-12(14-2)16-11-5-7-15(3)8-6-11/h4,9,11H,2,5-8,13H2,1,3H3/b10-4+,12-9+. The van der Waals surface area contributed by atoms with Gasteiger partial charge in [0.25, 0.3) is 0 Å². The van der Waals surface area contributed by atoms with E-state index in [4.69, 9.17) is 10.5 Å². The van der Waals surface area contributed by atoms with Gasteiger partial charge in [-0.2, -0.15) is 0 Å². The summed E-state index contributed by atoms with van der Waals surface area (Å²) < 4.78 is 5.75. The van der Waals surface area contributed by atoms with E-state index in [-0.39, 0.29) is 6.10 Å². The van der Waals surface area contributed by atoms with E-state index in [1.54, 1.807) is 6.08 Å². The number of piperidine rings is 1. The van der Waals surface area contributed by atoms with Crippen LogP contribution in [0.15, 0.2) is 28.7 Å². The first-order valence-electron chi connectivity index (χ1n) is 5.61. The lowest BCUT2D eigenvalue weighted by atomic mass is 10.1. The highest BCUT2D eigenvalue weighted by molar-refractivity contribution is 5.29. The van der Waals surface area contributed by atoms with Gasteiger partial charge in [-0.05, 0) is 33.5 Å². The van der Waals surface area contributed by atoms with E-state index in [9.17, 15) is 0 Å². The molecule has 1 heterocycles. The summed E-state index contributed by atoms with van der Waals surface area (Å²) in [4.78, 5) is 6.14. The minimum Gasteiger partial charge on any atom is -0.474 e. The number of hydrogen-bond donors (Lipinski definition) is 1. The van der Waals surface area contributed by atoms with Crippen molar-refractivity contribution in [3.05, 3.63) is 23.7 Å². The lowest BCUT2D eigenvalue weighted by molar-refractivity contribution is 0.0574. The Hall–Kier alpha value is -1.29. The molecule has 1 aliphatic heterocycles. The van der Waals surface area contributed by atoms with E-state index in [0.717, 1.165) is 25.9 Å². The summed E-state index contributed by atoms with van der Waals surface area (Å²) in [5, 5.41) is 0. The number of rotatable bonds is 4. The largest absolute Gasteiger partial charge is 0.474 e. The lowest BCUT2D eigenvalue weighted by Gasteiger charge is -2.29. The summed E-state index contributed by atoms with van der Waals surface area (Å²) >= 11 is 0. The van der Waals surface area contributed by atoms with Crippen LogP contribution in [0.5, 0.6) is 0 Å². The molecule has 2 N–H and O–H groups in total. The van der Waals surface area contributed by atoms with Crippen LogP contribution in [0.25, 0.3) is 0 Å². The van der Waals surface area contributed by atoms with E-state index in [2.05, 4.69) is 23.7 Å². The maximum Gasteiger partial charge on any atom is 0.214 e. The quantitative estimate of drug-likeness (QED) is 0.446. The number of ether oxygens (including phenoxy) is 1. The monoisotopic (exact) mass is 223 g/mol. The minimum absolute atomic E-state index is 0.234. The van der Waals surface area contributed by atoms with Crippen molar-refractivity contribution in [2.24, 2.45) is 10.7 Å². The number of likely N-dealkylation sites (tertiary alicyclic amines) is 1. The van der Waals surface area contributed by atoms with Crippen LogP contribution >= 0.6 is 0 Å². The molecule has 90 valence electrons. The molecule has 0 unspecified atom stereocenters. The summed E-state index contributed by atoms with van der Waals surface area (Å²) in [7, 11) is 2.12. The Balaban J connectivity index is 2.51. The maximum absolute atomic E-state index is 5.75. The van der Waals surface area contributed by atoms with Gasteiger partial charge in [0, 0.05) is 24.9 Å². The van der Waals surface area contributed by atoms with Crippen molar-refractivity contribution in [3.63, 3.8) is 0 Å². The fourth-order valence-corrected chi connectivity index (χ4v) is 1.62. The average Bonchev–Trinajstić information content (AvgIpc) is 2.30. The number of aliphatic imine (C=N–C) groups is 1. The lowest BCUT2D eigenvalue weighted by Crippen LogP contribution is -2.34. The summed E-state index contributed by atoms with van der Waals surface area (Å²) in [6.45, 7) is 7.50. The third kappa shape index (κ3) is 4.06. The van der Waals surface area contributed by atoms with E-state index >= 15 is 0 Å². The second-order valence-corrected chi connectivity index (χ2v) is 4.05. The molecule has 16 heavy (non-hydrogen) atoms. The Morgan fingerprint density at radius 3 is 2.62 bits per heavy atom. The third-order valence-electron chi connectivity index (χ3n) is 2.73. The van der Waals surface area contributed by atoms with Crippen LogP contribution in [-0.2, 0) is 4.74 Å². The van der Waals surface area contributed by atoms with Crippen molar-refractivity contribution in [2.75, 3.05) is 20.1 Å². The van der Waals surface area contributed by atoms with Gasteiger partial charge in [0.05, 0.1) is 0 Å². The van der Waals surface area contributed by atoms with Crippen LogP contribution in [0.4, 0.5) is 0 Å². The molecule has 4 heteroatoms. The van der Waals surface area contributed by atoms with Gasteiger partial charge >= 0.3 is 0 Å². The van der Waals surface area contributed by atoms with Gasteiger partial charge in [0.15, 0.2) is 0 Å². The van der Waals surface area contributed by atoms with E-state index in [0.29, 0.717) is 11.6 Å². The zero-order chi connectivity index (χ0) is 12.0. The normalized spacial score (nSPS) is 20.9. The fraction of sp³-hybridized carbons (Fsp3) is 0.583. The fourth-order valence-electron chi connectivity index (χ4n) is 1.62. The highest BCUT2D eigenvalue weighted by atomic mass is 16.5. The Labute approximate surface area is 97.5 Å². The molecule has 0 atom stereocenters. The van der Waals surface area contributed by atoms with Gasteiger partial charge in [0.1, 0.15) is 6.10 Å². The van der Waals surface area contributed by atoms with Gasteiger partial charge in [-0.25, -0.2) is 4.99 Å². The molecule has 0 amide bonds. The summed E-state index contributed by atoms with van der Waals surface area (Å²) in [5.41, 5.74) is 6.33. The van der Waals surface area contributed by atoms with E-state index in [1.807, 2.05) is 13.0 Å². The van der Waals surface area contributed by atoms with E-state index < -0.39 is 0 Å². The molecule has 0 aromatic heterocycles. The number of hydrogen-bond acceptors (Lipinski definition) is 4.